The second-order valence-corrected chi connectivity index (χ2v) is 8.29. The maximum Gasteiger partial charge on any atom is 0.242 e. The molecule has 3 atom stereocenters. The average molecular weight is 378 g/mol. The highest BCUT2D eigenvalue weighted by molar-refractivity contribution is 5.86. The molecule has 140 valence electrons. The number of carbonyl (C=O) groups is 1. The van der Waals surface area contributed by atoms with Gasteiger partial charge < -0.3 is 10.6 Å². The van der Waals surface area contributed by atoms with Crippen LogP contribution in [0.4, 0.5) is 0 Å². The molecule has 4 nitrogen and oxygen atoms in total. The Morgan fingerprint density at radius 1 is 0.917 bits per heavy atom. The van der Waals surface area contributed by atoms with Crippen molar-refractivity contribution in [3.8, 4) is 0 Å². The molecular weight excluding hydrogens is 345 g/mol. The fraction of sp³-hybridized carbons (Fsp3) is 0.944. The van der Waals surface area contributed by atoms with Crippen molar-refractivity contribution < 1.29 is 4.79 Å². The van der Waals surface area contributed by atoms with Crippen LogP contribution in [-0.4, -0.2) is 53.5 Å². The lowest BCUT2D eigenvalue weighted by molar-refractivity contribution is -0.140. The van der Waals surface area contributed by atoms with Gasteiger partial charge in [0.15, 0.2) is 0 Å². The second kappa shape index (κ2) is 8.11. The van der Waals surface area contributed by atoms with Gasteiger partial charge >= 0.3 is 0 Å². The first kappa shape index (κ1) is 20.3. The molecule has 3 unspecified atom stereocenters. The van der Waals surface area contributed by atoms with Crippen molar-refractivity contribution in [2.24, 2.45) is 17.6 Å². The summed E-state index contributed by atoms with van der Waals surface area (Å²) in [5, 5.41) is 0. The van der Waals surface area contributed by atoms with E-state index in [4.69, 9.17) is 5.73 Å². The van der Waals surface area contributed by atoms with E-state index in [2.05, 4.69) is 9.80 Å². The van der Waals surface area contributed by atoms with Gasteiger partial charge in [-0.25, -0.2) is 0 Å². The van der Waals surface area contributed by atoms with E-state index >= 15 is 0 Å². The number of amides is 1. The van der Waals surface area contributed by atoms with Gasteiger partial charge in [-0.3, -0.25) is 9.69 Å². The minimum absolute atomic E-state index is 0. The fourth-order valence-electron chi connectivity index (χ4n) is 5.63. The molecule has 1 heterocycles. The molecule has 1 saturated heterocycles. The van der Waals surface area contributed by atoms with Crippen LogP contribution in [0.1, 0.15) is 57.8 Å². The quantitative estimate of drug-likeness (QED) is 0.804. The van der Waals surface area contributed by atoms with Crippen LogP contribution in [0.25, 0.3) is 0 Å². The molecule has 0 radical (unpaired) electrons. The van der Waals surface area contributed by atoms with Gasteiger partial charge in [-0.15, -0.1) is 24.8 Å². The number of halogens is 2. The molecule has 4 aliphatic rings. The highest BCUT2D eigenvalue weighted by Gasteiger charge is 2.44. The number of piperazine rings is 1. The predicted octanol–water partition coefficient (Wildman–Crippen LogP) is 2.82. The summed E-state index contributed by atoms with van der Waals surface area (Å²) in [5.41, 5.74) is 5.89. The van der Waals surface area contributed by atoms with E-state index in [1.165, 1.54) is 32.1 Å². The smallest absolute Gasteiger partial charge is 0.242 e. The first-order chi connectivity index (χ1) is 10.7. The fourth-order valence-corrected chi connectivity index (χ4v) is 5.63. The van der Waals surface area contributed by atoms with Crippen LogP contribution < -0.4 is 5.73 Å². The molecule has 3 saturated carbocycles. The van der Waals surface area contributed by atoms with Crippen LogP contribution in [-0.2, 0) is 4.79 Å². The van der Waals surface area contributed by atoms with Crippen molar-refractivity contribution in [3.63, 3.8) is 0 Å². The van der Waals surface area contributed by atoms with Gasteiger partial charge in [0, 0.05) is 32.2 Å². The molecule has 0 aromatic heterocycles. The second-order valence-electron chi connectivity index (χ2n) is 8.29. The number of fused-ring (bicyclic) bond motifs is 2. The van der Waals surface area contributed by atoms with Crippen molar-refractivity contribution in [1.82, 2.24) is 9.80 Å². The molecule has 4 fully saturated rings. The molecule has 24 heavy (non-hydrogen) atoms. The van der Waals surface area contributed by atoms with E-state index in [1.54, 1.807) is 0 Å². The van der Waals surface area contributed by atoms with Crippen LogP contribution >= 0.6 is 24.8 Å². The average Bonchev–Trinajstić information content (AvgIpc) is 3.18. The first-order valence-electron chi connectivity index (χ1n) is 9.48. The topological polar surface area (TPSA) is 49.6 Å². The lowest BCUT2D eigenvalue weighted by Gasteiger charge is -2.44. The summed E-state index contributed by atoms with van der Waals surface area (Å²) in [4.78, 5) is 17.6. The monoisotopic (exact) mass is 377 g/mol. The summed E-state index contributed by atoms with van der Waals surface area (Å²) in [5.74, 6) is 2.19. The molecular formula is C18H33Cl2N3O. The molecule has 1 amide bonds. The van der Waals surface area contributed by atoms with Crippen LogP contribution in [0.3, 0.4) is 0 Å². The van der Waals surface area contributed by atoms with Gasteiger partial charge in [-0.2, -0.15) is 0 Å². The molecule has 2 bridgehead atoms. The summed E-state index contributed by atoms with van der Waals surface area (Å²) in [7, 11) is 0. The largest absolute Gasteiger partial charge is 0.339 e. The van der Waals surface area contributed by atoms with E-state index in [9.17, 15) is 4.79 Å². The van der Waals surface area contributed by atoms with E-state index in [-0.39, 0.29) is 30.7 Å². The summed E-state index contributed by atoms with van der Waals surface area (Å²) in [6.07, 6.45) is 11.0. The SMILES string of the molecule is Cl.Cl.NC1(C(=O)N2CCN(C3CC4CCC3C4)CC2)CCCCC1. The summed E-state index contributed by atoms with van der Waals surface area (Å²) in [6.45, 7) is 3.92. The Labute approximate surface area is 158 Å². The third-order valence-corrected chi connectivity index (χ3v) is 6.94. The zero-order valence-electron chi connectivity index (χ0n) is 14.6. The van der Waals surface area contributed by atoms with E-state index in [0.29, 0.717) is 0 Å². The number of nitrogens with zero attached hydrogens (tertiary/aromatic N) is 2. The normalized spacial score (nSPS) is 35.2. The first-order valence-corrected chi connectivity index (χ1v) is 9.48. The van der Waals surface area contributed by atoms with E-state index in [0.717, 1.165) is 69.7 Å². The van der Waals surface area contributed by atoms with Crippen LogP contribution in [0, 0.1) is 11.8 Å². The number of carbonyl (C=O) groups excluding carboxylic acids is 1. The predicted molar refractivity (Wildman–Crippen MR) is 102 cm³/mol. The van der Waals surface area contributed by atoms with Crippen LogP contribution in [0.2, 0.25) is 0 Å². The van der Waals surface area contributed by atoms with Crippen molar-refractivity contribution in [2.45, 2.75) is 69.4 Å². The Hall–Kier alpha value is -0.0300. The number of hydrogen-bond donors (Lipinski definition) is 1. The van der Waals surface area contributed by atoms with Gasteiger partial charge in [0.2, 0.25) is 5.91 Å². The Morgan fingerprint density at radius 3 is 2.12 bits per heavy atom. The molecule has 0 aromatic carbocycles. The Kier molecular flexibility index (Phi) is 6.86. The molecule has 0 aromatic rings. The lowest BCUT2D eigenvalue weighted by Crippen LogP contribution is -2.61. The third-order valence-electron chi connectivity index (χ3n) is 6.94. The zero-order valence-corrected chi connectivity index (χ0v) is 16.3. The van der Waals surface area contributed by atoms with Crippen LogP contribution in [0.5, 0.6) is 0 Å². The van der Waals surface area contributed by atoms with Crippen molar-refractivity contribution in [1.29, 1.82) is 0 Å². The van der Waals surface area contributed by atoms with Crippen molar-refractivity contribution in [3.05, 3.63) is 0 Å². The van der Waals surface area contributed by atoms with Gasteiger partial charge in [0.25, 0.3) is 0 Å². The highest BCUT2D eigenvalue weighted by Crippen LogP contribution is 2.46. The zero-order chi connectivity index (χ0) is 15.2. The Bertz CT molecular complexity index is 434. The number of hydrogen-bond acceptors (Lipinski definition) is 3. The van der Waals surface area contributed by atoms with Crippen molar-refractivity contribution >= 4 is 30.7 Å². The summed E-state index contributed by atoms with van der Waals surface area (Å²) >= 11 is 0. The van der Waals surface area contributed by atoms with Crippen molar-refractivity contribution in [2.75, 3.05) is 26.2 Å². The van der Waals surface area contributed by atoms with E-state index in [1.807, 2.05) is 0 Å². The van der Waals surface area contributed by atoms with E-state index < -0.39 is 5.54 Å². The van der Waals surface area contributed by atoms with Gasteiger partial charge in [-0.05, 0) is 43.9 Å². The van der Waals surface area contributed by atoms with Crippen LogP contribution in [0.15, 0.2) is 0 Å². The maximum absolute atomic E-state index is 12.8. The van der Waals surface area contributed by atoms with Gasteiger partial charge in [0.1, 0.15) is 0 Å². The minimum Gasteiger partial charge on any atom is -0.339 e. The molecule has 1 aliphatic heterocycles. The number of rotatable bonds is 2. The van der Waals surface area contributed by atoms with Gasteiger partial charge in [-0.1, -0.05) is 25.7 Å². The summed E-state index contributed by atoms with van der Waals surface area (Å²) < 4.78 is 0. The molecule has 2 N–H and O–H groups in total. The molecule has 0 spiro atoms. The Balaban J connectivity index is 0.00000104. The lowest BCUT2D eigenvalue weighted by atomic mass is 9.81. The molecule has 3 aliphatic carbocycles. The third kappa shape index (κ3) is 3.72. The molecule has 6 heteroatoms. The number of nitrogens with two attached hydrogens (primary N) is 1. The minimum atomic E-state index is -0.549. The highest BCUT2D eigenvalue weighted by atomic mass is 35.5. The van der Waals surface area contributed by atoms with Gasteiger partial charge in [0.05, 0.1) is 5.54 Å². The Morgan fingerprint density at radius 2 is 1.58 bits per heavy atom. The standard InChI is InChI=1S/C18H31N3O.2ClH/c19-18(6-2-1-3-7-18)17(22)21-10-8-20(9-11-21)16-13-14-4-5-15(16)12-14;;/h14-16H,1-13,19H2;2*1H. The summed E-state index contributed by atoms with van der Waals surface area (Å²) in [6, 6.07) is 0.817. The molecule has 4 rings (SSSR count). The maximum atomic E-state index is 12.8.